The fourth-order valence-electron chi connectivity index (χ4n) is 0.983. The lowest BCUT2D eigenvalue weighted by atomic mass is 10.1. The van der Waals surface area contributed by atoms with Crippen molar-refractivity contribution in [1.82, 2.24) is 0 Å². The third kappa shape index (κ3) is 5.63. The molecule has 0 bridgehead atoms. The second-order valence-corrected chi connectivity index (χ2v) is 8.64. The third-order valence-electron chi connectivity index (χ3n) is 1.44. The Bertz CT molecular complexity index is 266. The zero-order valence-corrected chi connectivity index (χ0v) is 10.1. The van der Waals surface area contributed by atoms with Crippen LogP contribution in [0.15, 0.2) is 4.66 Å². The molecule has 1 N–H and O–H groups in total. The van der Waals surface area contributed by atoms with Crippen LogP contribution in [-0.2, 0) is 9.59 Å². The molecule has 0 aromatic heterocycles. The van der Waals surface area contributed by atoms with E-state index in [2.05, 4.69) is 4.66 Å². The van der Waals surface area contributed by atoms with Crippen molar-refractivity contribution in [2.24, 2.45) is 4.66 Å². The van der Waals surface area contributed by atoms with E-state index >= 15 is 0 Å². The van der Waals surface area contributed by atoms with E-state index in [1.807, 2.05) is 26.6 Å². The van der Waals surface area contributed by atoms with E-state index in [1.54, 1.807) is 0 Å². The Labute approximate surface area is 85.1 Å². The summed E-state index contributed by atoms with van der Waals surface area (Å²) in [5.41, 5.74) is 0.423. The topological polar surface area (TPSA) is 66.7 Å². The number of Topliss-reactive ketones (excluding diaryl/α,β-unsaturated/α-hetero) is 1. The number of rotatable bonds is 5. The molecule has 5 heteroatoms. The van der Waals surface area contributed by atoms with Gasteiger partial charge in [-0.25, -0.2) is 0 Å². The summed E-state index contributed by atoms with van der Waals surface area (Å²) in [6, 6.07) is 0. The Hall–Kier alpha value is -0.973. The van der Waals surface area contributed by atoms with E-state index in [4.69, 9.17) is 5.11 Å². The van der Waals surface area contributed by atoms with Crippen molar-refractivity contribution < 1.29 is 14.7 Å². The van der Waals surface area contributed by atoms with E-state index in [0.29, 0.717) is 12.1 Å². The monoisotopic (exact) mass is 215 g/mol. The zero-order valence-electron chi connectivity index (χ0n) is 9.13. The molecule has 0 heterocycles. The molecule has 0 aliphatic carbocycles. The first-order chi connectivity index (χ1) is 6.26. The van der Waals surface area contributed by atoms with E-state index in [0.717, 1.165) is 0 Å². The van der Waals surface area contributed by atoms with Gasteiger partial charge in [0.1, 0.15) is 6.42 Å². The summed E-state index contributed by atoms with van der Waals surface area (Å²) < 4.78 is 4.32. The number of hydrogen-bond acceptors (Lipinski definition) is 3. The van der Waals surface area contributed by atoms with E-state index in [9.17, 15) is 9.59 Å². The third-order valence-corrected chi connectivity index (χ3v) is 2.38. The molecule has 0 spiro atoms. The van der Waals surface area contributed by atoms with Gasteiger partial charge in [-0.3, -0.25) is 9.59 Å². The fourth-order valence-corrected chi connectivity index (χ4v) is 2.08. The molecule has 0 aliphatic rings. The predicted octanol–water partition coefficient (Wildman–Crippen LogP) is 1.72. The van der Waals surface area contributed by atoms with Crippen LogP contribution in [0, 0.1) is 0 Å². The van der Waals surface area contributed by atoms with Crippen LogP contribution < -0.4 is 0 Å². The van der Waals surface area contributed by atoms with Crippen molar-refractivity contribution in [2.75, 3.05) is 0 Å². The second kappa shape index (κ2) is 5.04. The van der Waals surface area contributed by atoms with Gasteiger partial charge in [0.25, 0.3) is 0 Å². The highest BCUT2D eigenvalue weighted by Crippen LogP contribution is 2.05. The molecule has 0 aliphatic heterocycles. The summed E-state index contributed by atoms with van der Waals surface area (Å²) in [4.78, 5) is 21.7. The highest BCUT2D eigenvalue weighted by molar-refractivity contribution is 6.76. The maximum Gasteiger partial charge on any atom is 0.311 e. The summed E-state index contributed by atoms with van der Waals surface area (Å²) in [7, 11) is -1.68. The number of carbonyl (C=O) groups is 2. The van der Waals surface area contributed by atoms with Crippen LogP contribution in [0.5, 0.6) is 0 Å². The molecular weight excluding hydrogens is 198 g/mol. The summed E-state index contributed by atoms with van der Waals surface area (Å²) in [5.74, 6) is -1.45. The Morgan fingerprint density at radius 1 is 1.29 bits per heavy atom. The summed E-state index contributed by atoms with van der Waals surface area (Å²) in [6.45, 7) is 7.85. The number of nitrogens with zero attached hydrogens (tertiary/aromatic N) is 1. The van der Waals surface area contributed by atoms with Crippen molar-refractivity contribution in [3.63, 3.8) is 0 Å². The fraction of sp³-hybridized carbons (Fsp3) is 0.667. The number of carboxylic acid groups (broad SMARTS) is 1. The summed E-state index contributed by atoms with van der Waals surface area (Å²) in [5, 5.41) is 8.46. The molecule has 0 rings (SSSR count). The Morgan fingerprint density at radius 2 is 1.79 bits per heavy atom. The van der Waals surface area contributed by atoms with E-state index in [1.165, 1.54) is 0 Å². The molecule has 0 amide bonds. The van der Waals surface area contributed by atoms with Gasteiger partial charge in [0.2, 0.25) is 0 Å². The maximum absolute atomic E-state index is 11.4. The van der Waals surface area contributed by atoms with Crippen molar-refractivity contribution in [3.8, 4) is 0 Å². The van der Waals surface area contributed by atoms with E-state index in [-0.39, 0.29) is 5.78 Å². The Kier molecular flexibility index (Phi) is 4.69. The van der Waals surface area contributed by atoms with Crippen molar-refractivity contribution in [1.29, 1.82) is 0 Å². The Morgan fingerprint density at radius 3 is 2.07 bits per heavy atom. The van der Waals surface area contributed by atoms with Gasteiger partial charge < -0.3 is 9.76 Å². The number of carboxylic acids is 1. The van der Waals surface area contributed by atoms with Gasteiger partial charge in [-0.15, -0.1) is 0 Å². The second-order valence-electron chi connectivity index (χ2n) is 4.08. The quantitative estimate of drug-likeness (QED) is 0.431. The highest BCUT2D eigenvalue weighted by atomic mass is 28.3. The van der Waals surface area contributed by atoms with Gasteiger partial charge in [0, 0.05) is 0 Å². The van der Waals surface area contributed by atoms with Crippen molar-refractivity contribution in [2.45, 2.75) is 39.4 Å². The largest absolute Gasteiger partial charge is 0.481 e. The van der Waals surface area contributed by atoms with Crippen LogP contribution in [-0.4, -0.2) is 30.8 Å². The van der Waals surface area contributed by atoms with Crippen LogP contribution in [0.25, 0.3) is 0 Å². The maximum atomic E-state index is 11.4. The van der Waals surface area contributed by atoms with Gasteiger partial charge in [-0.2, -0.15) is 0 Å². The van der Waals surface area contributed by atoms with Crippen molar-refractivity contribution in [3.05, 3.63) is 0 Å². The molecule has 0 fully saturated rings. The first kappa shape index (κ1) is 13.0. The lowest BCUT2D eigenvalue weighted by molar-refractivity contribution is -0.138. The van der Waals surface area contributed by atoms with Crippen LogP contribution in [0.2, 0.25) is 19.6 Å². The molecule has 0 aromatic carbocycles. The smallest absolute Gasteiger partial charge is 0.311 e. The zero-order chi connectivity index (χ0) is 11.4. The molecule has 14 heavy (non-hydrogen) atoms. The van der Waals surface area contributed by atoms with Crippen LogP contribution in [0.3, 0.4) is 0 Å². The van der Waals surface area contributed by atoms with Gasteiger partial charge >= 0.3 is 5.97 Å². The van der Waals surface area contributed by atoms with Crippen LogP contribution in [0.1, 0.15) is 19.8 Å². The van der Waals surface area contributed by atoms with E-state index < -0.39 is 20.6 Å². The Balaban J connectivity index is 4.65. The predicted molar refractivity (Wildman–Crippen MR) is 58.3 cm³/mol. The molecule has 0 saturated heterocycles. The number of ketones is 1. The molecule has 80 valence electrons. The van der Waals surface area contributed by atoms with Crippen LogP contribution in [0.4, 0.5) is 0 Å². The van der Waals surface area contributed by atoms with Crippen LogP contribution >= 0.6 is 0 Å². The standard InChI is InChI=1S/C9H17NO3Si/c1-5-7(10-14(2,3)4)8(11)6-9(12)13/h5-6H2,1-4H3,(H,12,13)/b10-7+. The minimum atomic E-state index is -1.68. The first-order valence-corrected chi connectivity index (χ1v) is 8.04. The summed E-state index contributed by atoms with van der Waals surface area (Å²) in [6.07, 6.45) is 0.0630. The van der Waals surface area contributed by atoms with Gasteiger partial charge in [0.15, 0.2) is 14.0 Å². The summed E-state index contributed by atoms with van der Waals surface area (Å²) >= 11 is 0. The van der Waals surface area contributed by atoms with Gasteiger partial charge in [0.05, 0.1) is 5.71 Å². The number of aliphatic carboxylic acids is 1. The number of carbonyl (C=O) groups excluding carboxylic acids is 1. The molecule has 0 atom stereocenters. The van der Waals surface area contributed by atoms with Gasteiger partial charge in [-0.1, -0.05) is 6.92 Å². The average molecular weight is 215 g/mol. The molecule has 0 unspecified atom stereocenters. The lowest BCUT2D eigenvalue weighted by Gasteiger charge is -2.11. The molecule has 0 radical (unpaired) electrons. The first-order valence-electron chi connectivity index (χ1n) is 4.60. The molecular formula is C9H17NO3Si. The lowest BCUT2D eigenvalue weighted by Crippen LogP contribution is -2.25. The SMILES string of the molecule is CC/C(=N\[Si](C)(C)C)C(=O)CC(=O)O. The van der Waals surface area contributed by atoms with Crippen molar-refractivity contribution >= 4 is 25.7 Å². The molecule has 0 saturated carbocycles. The van der Waals surface area contributed by atoms with Gasteiger partial charge in [-0.05, 0) is 26.1 Å². The normalized spacial score (nSPS) is 12.7. The molecule has 0 aromatic rings. The molecule has 4 nitrogen and oxygen atoms in total. The highest BCUT2D eigenvalue weighted by Gasteiger charge is 2.18. The minimum Gasteiger partial charge on any atom is -0.481 e. The average Bonchev–Trinajstić information content (AvgIpc) is 1.96. The number of hydrogen-bond donors (Lipinski definition) is 1. The minimum absolute atomic E-state index is 0.359.